The van der Waals surface area contributed by atoms with E-state index < -0.39 is 0 Å². The predicted molar refractivity (Wildman–Crippen MR) is 91.6 cm³/mol. The largest absolute Gasteiger partial charge is 0.456 e. The fourth-order valence-corrected chi connectivity index (χ4v) is 2.03. The summed E-state index contributed by atoms with van der Waals surface area (Å²) in [5, 5.41) is 0. The Bertz CT molecular complexity index is 568. The number of hydrogen-bond acceptors (Lipinski definition) is 1. The lowest BCUT2D eigenvalue weighted by molar-refractivity contribution is 0.480. The molecule has 0 radical (unpaired) electrons. The molecule has 1 heteroatoms. The second kappa shape index (κ2) is 8.11. The van der Waals surface area contributed by atoms with Crippen molar-refractivity contribution in [1.82, 2.24) is 0 Å². The third kappa shape index (κ3) is 4.35. The molecule has 108 valence electrons. The van der Waals surface area contributed by atoms with Crippen LogP contribution >= 0.6 is 0 Å². The smallest absolute Gasteiger partial charge is 0.134 e. The summed E-state index contributed by atoms with van der Waals surface area (Å²) in [6, 6.07) is 16.2. The standard InChI is InChI=1S/C20H22O/c1-3-5-11-17-13-7-9-15-19(17)21-20-16-10-8-14-18(20)12-6-4-2/h5-16H,3-4H2,1-2H3. The molecule has 0 aromatic heterocycles. The molecule has 2 rings (SSSR count). The fraction of sp³-hybridized carbons (Fsp3) is 0.200. The zero-order valence-electron chi connectivity index (χ0n) is 12.8. The van der Waals surface area contributed by atoms with Gasteiger partial charge in [-0.3, -0.25) is 0 Å². The monoisotopic (exact) mass is 278 g/mol. The van der Waals surface area contributed by atoms with Crippen LogP contribution < -0.4 is 4.74 Å². The summed E-state index contributed by atoms with van der Waals surface area (Å²) in [4.78, 5) is 0. The molecule has 0 saturated carbocycles. The molecule has 0 N–H and O–H groups in total. The van der Waals surface area contributed by atoms with Crippen LogP contribution in [-0.4, -0.2) is 0 Å². The lowest BCUT2D eigenvalue weighted by Crippen LogP contribution is -1.89. The van der Waals surface area contributed by atoms with Gasteiger partial charge in [0.1, 0.15) is 11.5 Å². The minimum absolute atomic E-state index is 0.888. The summed E-state index contributed by atoms with van der Waals surface area (Å²) >= 11 is 0. The van der Waals surface area contributed by atoms with Gasteiger partial charge >= 0.3 is 0 Å². The second-order valence-corrected chi connectivity index (χ2v) is 4.80. The molecular formula is C20H22O. The Balaban J connectivity index is 2.30. The van der Waals surface area contributed by atoms with Gasteiger partial charge in [-0.1, -0.05) is 74.5 Å². The fourth-order valence-electron chi connectivity index (χ4n) is 2.03. The molecular weight excluding hydrogens is 256 g/mol. The number of rotatable bonds is 6. The van der Waals surface area contributed by atoms with Crippen molar-refractivity contribution in [2.24, 2.45) is 0 Å². The van der Waals surface area contributed by atoms with E-state index in [-0.39, 0.29) is 0 Å². The molecule has 0 heterocycles. The van der Waals surface area contributed by atoms with Crippen molar-refractivity contribution in [2.75, 3.05) is 0 Å². The predicted octanol–water partition coefficient (Wildman–Crippen LogP) is 6.33. The first-order chi connectivity index (χ1) is 10.3. The zero-order valence-corrected chi connectivity index (χ0v) is 12.8. The van der Waals surface area contributed by atoms with E-state index in [9.17, 15) is 0 Å². The van der Waals surface area contributed by atoms with Gasteiger partial charge in [0, 0.05) is 11.1 Å². The molecule has 0 aliphatic heterocycles. The maximum Gasteiger partial charge on any atom is 0.134 e. The van der Waals surface area contributed by atoms with Gasteiger partial charge in [0.15, 0.2) is 0 Å². The Morgan fingerprint density at radius 3 is 1.57 bits per heavy atom. The highest BCUT2D eigenvalue weighted by Crippen LogP contribution is 2.29. The first-order valence-corrected chi connectivity index (χ1v) is 7.54. The average Bonchev–Trinajstić information content (AvgIpc) is 2.53. The van der Waals surface area contributed by atoms with Gasteiger partial charge in [0.25, 0.3) is 0 Å². The minimum atomic E-state index is 0.888. The third-order valence-electron chi connectivity index (χ3n) is 3.12. The van der Waals surface area contributed by atoms with Gasteiger partial charge in [-0.05, 0) is 25.0 Å². The summed E-state index contributed by atoms with van der Waals surface area (Å²) in [5.74, 6) is 1.78. The summed E-state index contributed by atoms with van der Waals surface area (Å²) < 4.78 is 6.13. The van der Waals surface area contributed by atoms with Crippen LogP contribution in [0.4, 0.5) is 0 Å². The van der Waals surface area contributed by atoms with Crippen LogP contribution in [0.15, 0.2) is 60.7 Å². The van der Waals surface area contributed by atoms with E-state index in [0.29, 0.717) is 0 Å². The lowest BCUT2D eigenvalue weighted by Gasteiger charge is -2.11. The molecule has 0 aliphatic rings. The molecule has 0 atom stereocenters. The first-order valence-electron chi connectivity index (χ1n) is 7.54. The van der Waals surface area contributed by atoms with Crippen molar-refractivity contribution in [2.45, 2.75) is 26.7 Å². The maximum absolute atomic E-state index is 6.13. The normalized spacial score (nSPS) is 11.3. The van der Waals surface area contributed by atoms with Crippen molar-refractivity contribution in [3.63, 3.8) is 0 Å². The van der Waals surface area contributed by atoms with Gasteiger partial charge in [-0.2, -0.15) is 0 Å². The van der Waals surface area contributed by atoms with Crippen LogP contribution in [0.3, 0.4) is 0 Å². The van der Waals surface area contributed by atoms with Crippen molar-refractivity contribution in [1.29, 1.82) is 0 Å². The highest BCUT2D eigenvalue weighted by molar-refractivity contribution is 5.61. The summed E-state index contributed by atoms with van der Waals surface area (Å²) in [7, 11) is 0. The van der Waals surface area contributed by atoms with Crippen LogP contribution in [0, 0.1) is 0 Å². The van der Waals surface area contributed by atoms with Crippen LogP contribution in [0.25, 0.3) is 12.2 Å². The first kappa shape index (κ1) is 15.1. The van der Waals surface area contributed by atoms with E-state index in [2.05, 4.69) is 50.3 Å². The Kier molecular flexibility index (Phi) is 5.83. The molecule has 0 bridgehead atoms. The van der Waals surface area contributed by atoms with Crippen LogP contribution in [0.1, 0.15) is 37.8 Å². The molecule has 1 nitrogen and oxygen atoms in total. The Hall–Kier alpha value is -2.28. The minimum Gasteiger partial charge on any atom is -0.456 e. The molecule has 2 aromatic carbocycles. The molecule has 0 fully saturated rings. The number of allylic oxidation sites excluding steroid dienone is 2. The topological polar surface area (TPSA) is 9.23 Å². The van der Waals surface area contributed by atoms with Crippen LogP contribution in [0.2, 0.25) is 0 Å². The quantitative estimate of drug-likeness (QED) is 0.600. The van der Waals surface area contributed by atoms with E-state index in [1.165, 1.54) is 0 Å². The summed E-state index contributed by atoms with van der Waals surface area (Å²) in [6.07, 6.45) is 10.5. The van der Waals surface area contributed by atoms with E-state index >= 15 is 0 Å². The molecule has 2 aromatic rings. The average molecular weight is 278 g/mol. The highest BCUT2D eigenvalue weighted by atomic mass is 16.5. The number of hydrogen-bond donors (Lipinski definition) is 0. The molecule has 0 unspecified atom stereocenters. The number of benzene rings is 2. The van der Waals surface area contributed by atoms with Crippen molar-refractivity contribution >= 4 is 12.2 Å². The molecule has 0 saturated heterocycles. The third-order valence-corrected chi connectivity index (χ3v) is 3.12. The SMILES string of the molecule is CCC=Cc1ccccc1Oc1ccccc1C=CCC. The van der Waals surface area contributed by atoms with Gasteiger partial charge in [0.05, 0.1) is 0 Å². The lowest BCUT2D eigenvalue weighted by atomic mass is 10.1. The van der Waals surface area contributed by atoms with E-state index in [1.807, 2.05) is 36.4 Å². The van der Waals surface area contributed by atoms with Crippen molar-refractivity contribution in [3.05, 3.63) is 71.8 Å². The van der Waals surface area contributed by atoms with Gasteiger partial charge in [0.2, 0.25) is 0 Å². The van der Waals surface area contributed by atoms with Crippen LogP contribution in [-0.2, 0) is 0 Å². The van der Waals surface area contributed by atoms with Gasteiger partial charge < -0.3 is 4.74 Å². The van der Waals surface area contributed by atoms with Crippen LogP contribution in [0.5, 0.6) is 11.5 Å². The zero-order chi connectivity index (χ0) is 14.9. The number of para-hydroxylation sites is 2. The molecule has 21 heavy (non-hydrogen) atoms. The van der Waals surface area contributed by atoms with Crippen molar-refractivity contribution < 1.29 is 4.74 Å². The van der Waals surface area contributed by atoms with Crippen molar-refractivity contribution in [3.8, 4) is 11.5 Å². The Morgan fingerprint density at radius 2 is 1.14 bits per heavy atom. The van der Waals surface area contributed by atoms with Gasteiger partial charge in [-0.15, -0.1) is 0 Å². The molecule has 0 amide bonds. The molecule has 0 aliphatic carbocycles. The second-order valence-electron chi connectivity index (χ2n) is 4.80. The van der Waals surface area contributed by atoms with Gasteiger partial charge in [-0.25, -0.2) is 0 Å². The summed E-state index contributed by atoms with van der Waals surface area (Å²) in [5.41, 5.74) is 2.21. The summed E-state index contributed by atoms with van der Waals surface area (Å²) in [6.45, 7) is 4.26. The van der Waals surface area contributed by atoms with E-state index in [1.54, 1.807) is 0 Å². The highest BCUT2D eigenvalue weighted by Gasteiger charge is 2.04. The Labute approximate surface area is 127 Å². The Morgan fingerprint density at radius 1 is 0.714 bits per heavy atom. The maximum atomic E-state index is 6.13. The molecule has 0 spiro atoms. The van der Waals surface area contributed by atoms with E-state index in [4.69, 9.17) is 4.74 Å². The van der Waals surface area contributed by atoms with E-state index in [0.717, 1.165) is 35.5 Å². The number of ether oxygens (including phenoxy) is 1.